The van der Waals surface area contributed by atoms with Crippen molar-refractivity contribution in [1.29, 1.82) is 0 Å². The molecule has 0 aliphatic rings. The van der Waals surface area contributed by atoms with Gasteiger partial charge in [0.1, 0.15) is 5.82 Å². The number of rotatable bonds is 3. The number of aryl methyl sites for hydroxylation is 1. The second-order valence-corrected chi connectivity index (χ2v) is 3.68. The molecule has 1 aromatic carbocycles. The maximum Gasteiger partial charge on any atom is 0.395 e. The van der Waals surface area contributed by atoms with Gasteiger partial charge >= 0.3 is 6.18 Å². The van der Waals surface area contributed by atoms with Crippen LogP contribution in [0.3, 0.4) is 0 Å². The maximum absolute atomic E-state index is 12.9. The molecular formula is C11H13F4N. The Kier molecular flexibility index (Phi) is 3.91. The molecule has 0 radical (unpaired) electrons. The molecular weight excluding hydrogens is 222 g/mol. The van der Waals surface area contributed by atoms with Crippen molar-refractivity contribution in [3.05, 3.63) is 35.1 Å². The highest BCUT2D eigenvalue weighted by molar-refractivity contribution is 5.27. The van der Waals surface area contributed by atoms with Gasteiger partial charge in [-0.25, -0.2) is 4.39 Å². The Morgan fingerprint density at radius 1 is 1.31 bits per heavy atom. The first-order valence-corrected chi connectivity index (χ1v) is 4.89. The van der Waals surface area contributed by atoms with Crippen LogP contribution in [0, 0.1) is 12.7 Å². The van der Waals surface area contributed by atoms with Crippen LogP contribution < -0.4 is 5.73 Å². The van der Waals surface area contributed by atoms with Crippen LogP contribution in [0.4, 0.5) is 17.6 Å². The fourth-order valence-corrected chi connectivity index (χ4v) is 1.57. The molecule has 0 heterocycles. The summed E-state index contributed by atoms with van der Waals surface area (Å²) in [7, 11) is 0. The molecule has 0 amide bonds. The van der Waals surface area contributed by atoms with E-state index < -0.39 is 17.9 Å². The zero-order valence-electron chi connectivity index (χ0n) is 8.81. The van der Waals surface area contributed by atoms with Gasteiger partial charge in [-0.2, -0.15) is 13.2 Å². The molecule has 2 N–H and O–H groups in total. The van der Waals surface area contributed by atoms with E-state index in [1.165, 1.54) is 13.0 Å². The Balaban J connectivity index is 3.06. The number of hydrogen-bond donors (Lipinski definition) is 1. The van der Waals surface area contributed by atoms with Crippen LogP contribution in [0.1, 0.15) is 23.5 Å². The summed E-state index contributed by atoms with van der Waals surface area (Å²) in [5, 5.41) is 0. The molecule has 16 heavy (non-hydrogen) atoms. The van der Waals surface area contributed by atoms with E-state index in [4.69, 9.17) is 5.73 Å². The van der Waals surface area contributed by atoms with Crippen LogP contribution in [-0.4, -0.2) is 12.7 Å². The molecule has 0 aliphatic heterocycles. The van der Waals surface area contributed by atoms with Crippen LogP contribution >= 0.6 is 0 Å². The molecule has 0 fully saturated rings. The summed E-state index contributed by atoms with van der Waals surface area (Å²) < 4.78 is 51.0. The molecule has 1 nitrogen and oxygen atoms in total. The lowest BCUT2D eigenvalue weighted by Crippen LogP contribution is -2.23. The largest absolute Gasteiger partial charge is 0.395 e. The third kappa shape index (κ3) is 2.95. The Bertz CT molecular complexity index is 359. The predicted octanol–water partition coefficient (Wildman–Crippen LogP) is 3.13. The van der Waals surface area contributed by atoms with Gasteiger partial charge in [-0.15, -0.1) is 0 Å². The topological polar surface area (TPSA) is 26.0 Å². The zero-order valence-corrected chi connectivity index (χ0v) is 8.81. The third-order valence-corrected chi connectivity index (χ3v) is 2.43. The minimum atomic E-state index is -4.34. The first kappa shape index (κ1) is 13.0. The summed E-state index contributed by atoms with van der Waals surface area (Å²) in [4.78, 5) is 0. The minimum Gasteiger partial charge on any atom is -0.330 e. The van der Waals surface area contributed by atoms with Gasteiger partial charge in [-0.3, -0.25) is 0 Å². The van der Waals surface area contributed by atoms with Crippen LogP contribution in [0.5, 0.6) is 0 Å². The summed E-state index contributed by atoms with van der Waals surface area (Å²) in [6, 6.07) is 3.44. The molecule has 0 spiro atoms. The first-order chi connectivity index (χ1) is 7.36. The van der Waals surface area contributed by atoms with Gasteiger partial charge in [0, 0.05) is 0 Å². The second-order valence-electron chi connectivity index (χ2n) is 3.68. The van der Waals surface area contributed by atoms with Crippen molar-refractivity contribution in [2.24, 2.45) is 5.73 Å². The van der Waals surface area contributed by atoms with Crippen molar-refractivity contribution >= 4 is 0 Å². The van der Waals surface area contributed by atoms with Crippen molar-refractivity contribution < 1.29 is 17.6 Å². The molecule has 1 unspecified atom stereocenters. The van der Waals surface area contributed by atoms with E-state index in [0.29, 0.717) is 0 Å². The van der Waals surface area contributed by atoms with E-state index >= 15 is 0 Å². The van der Waals surface area contributed by atoms with E-state index in [-0.39, 0.29) is 24.1 Å². The molecule has 0 saturated heterocycles. The molecule has 1 rings (SSSR count). The quantitative estimate of drug-likeness (QED) is 0.800. The highest BCUT2D eigenvalue weighted by Crippen LogP contribution is 2.37. The fraction of sp³-hybridized carbons (Fsp3) is 0.455. The highest BCUT2D eigenvalue weighted by atomic mass is 19.4. The van der Waals surface area contributed by atoms with Crippen molar-refractivity contribution in [2.75, 3.05) is 6.54 Å². The number of nitrogens with two attached hydrogens (primary N) is 1. The van der Waals surface area contributed by atoms with Gasteiger partial charge in [0.05, 0.1) is 5.92 Å². The normalized spacial score (nSPS) is 13.9. The molecule has 5 heteroatoms. The average Bonchev–Trinajstić information content (AvgIpc) is 2.17. The zero-order chi connectivity index (χ0) is 12.3. The fourth-order valence-electron chi connectivity index (χ4n) is 1.57. The lowest BCUT2D eigenvalue weighted by molar-refractivity contribution is -0.151. The van der Waals surface area contributed by atoms with Crippen LogP contribution in [-0.2, 0) is 0 Å². The molecule has 0 bridgehead atoms. The van der Waals surface area contributed by atoms with E-state index in [0.717, 1.165) is 12.1 Å². The Hall–Kier alpha value is -1.10. The van der Waals surface area contributed by atoms with Gasteiger partial charge < -0.3 is 5.73 Å². The summed E-state index contributed by atoms with van der Waals surface area (Å²) >= 11 is 0. The van der Waals surface area contributed by atoms with Crippen LogP contribution in [0.15, 0.2) is 18.2 Å². The predicted molar refractivity (Wildman–Crippen MR) is 53.6 cm³/mol. The van der Waals surface area contributed by atoms with Gasteiger partial charge in [0.2, 0.25) is 0 Å². The van der Waals surface area contributed by atoms with Crippen molar-refractivity contribution in [1.82, 2.24) is 0 Å². The summed E-state index contributed by atoms with van der Waals surface area (Å²) in [6.45, 7) is 1.38. The first-order valence-electron chi connectivity index (χ1n) is 4.89. The molecule has 1 atom stereocenters. The molecule has 1 aromatic rings. The van der Waals surface area contributed by atoms with E-state index in [1.807, 2.05) is 0 Å². The molecule has 0 aromatic heterocycles. The van der Waals surface area contributed by atoms with Gasteiger partial charge in [-0.05, 0) is 37.1 Å². The minimum absolute atomic E-state index is 0.0550. The Labute approximate surface area is 91.3 Å². The summed E-state index contributed by atoms with van der Waals surface area (Å²) in [5.74, 6) is -2.12. The summed E-state index contributed by atoms with van der Waals surface area (Å²) in [5.41, 5.74) is 5.44. The standard InChI is InChI=1S/C11H13F4N/c1-7-6-8(2-3-10(7)12)9(4-5-16)11(13,14)15/h2-3,6,9H,4-5,16H2,1H3. The highest BCUT2D eigenvalue weighted by Gasteiger charge is 2.39. The van der Waals surface area contributed by atoms with E-state index in [2.05, 4.69) is 0 Å². The summed E-state index contributed by atoms with van der Waals surface area (Å²) in [6.07, 6.45) is -4.53. The number of halogens is 4. The molecule has 0 aliphatic carbocycles. The average molecular weight is 235 g/mol. The van der Waals surface area contributed by atoms with E-state index in [9.17, 15) is 17.6 Å². The van der Waals surface area contributed by atoms with Gasteiger partial charge in [0.25, 0.3) is 0 Å². The van der Waals surface area contributed by atoms with Crippen molar-refractivity contribution in [3.8, 4) is 0 Å². The lowest BCUT2D eigenvalue weighted by Gasteiger charge is -2.20. The number of hydrogen-bond acceptors (Lipinski definition) is 1. The molecule has 0 saturated carbocycles. The third-order valence-electron chi connectivity index (χ3n) is 2.43. The maximum atomic E-state index is 12.9. The number of alkyl halides is 3. The Morgan fingerprint density at radius 2 is 1.94 bits per heavy atom. The van der Waals surface area contributed by atoms with Gasteiger partial charge in [0.15, 0.2) is 0 Å². The second kappa shape index (κ2) is 4.82. The van der Waals surface area contributed by atoms with Crippen LogP contribution in [0.2, 0.25) is 0 Å². The SMILES string of the molecule is Cc1cc(C(CCN)C(F)(F)F)ccc1F. The Morgan fingerprint density at radius 3 is 2.38 bits per heavy atom. The van der Waals surface area contributed by atoms with Crippen molar-refractivity contribution in [3.63, 3.8) is 0 Å². The van der Waals surface area contributed by atoms with Gasteiger partial charge in [-0.1, -0.05) is 12.1 Å². The van der Waals surface area contributed by atoms with Crippen LogP contribution in [0.25, 0.3) is 0 Å². The monoisotopic (exact) mass is 235 g/mol. The lowest BCUT2D eigenvalue weighted by atomic mass is 9.94. The number of benzene rings is 1. The van der Waals surface area contributed by atoms with E-state index in [1.54, 1.807) is 0 Å². The smallest absolute Gasteiger partial charge is 0.330 e. The molecule has 90 valence electrons. The van der Waals surface area contributed by atoms with Crippen molar-refractivity contribution in [2.45, 2.75) is 25.4 Å².